The molecule has 0 radical (unpaired) electrons. The van der Waals surface area contributed by atoms with Crippen molar-refractivity contribution in [2.45, 2.75) is 19.9 Å². The lowest BCUT2D eigenvalue weighted by Gasteiger charge is -2.13. The first-order valence-corrected chi connectivity index (χ1v) is 2.52. The fourth-order valence-electron chi connectivity index (χ4n) is 0.185. The summed E-state index contributed by atoms with van der Waals surface area (Å²) in [7, 11) is 1.82. The molecular weight excluding hydrogens is 104 g/mol. The van der Waals surface area contributed by atoms with Gasteiger partial charge in [-0.2, -0.15) is 0 Å². The standard InChI is InChI=1S/C4H12N4/c1-4(2)8(3)7-6-5/h4H,1-3H3,(H2,5,7). The Kier molecular flexibility index (Phi) is 2.91. The van der Waals surface area contributed by atoms with E-state index >= 15 is 0 Å². The van der Waals surface area contributed by atoms with Gasteiger partial charge in [-0.15, -0.1) is 0 Å². The summed E-state index contributed by atoms with van der Waals surface area (Å²) in [4.78, 5) is 0. The molecule has 0 amide bonds. The minimum absolute atomic E-state index is 0.363. The summed E-state index contributed by atoms with van der Waals surface area (Å²) >= 11 is 0. The van der Waals surface area contributed by atoms with E-state index < -0.39 is 0 Å². The lowest BCUT2D eigenvalue weighted by atomic mass is 10.4. The van der Waals surface area contributed by atoms with Gasteiger partial charge in [0.25, 0.3) is 0 Å². The highest BCUT2D eigenvalue weighted by atomic mass is 15.6. The van der Waals surface area contributed by atoms with Crippen LogP contribution < -0.4 is 5.84 Å². The van der Waals surface area contributed by atoms with Crippen molar-refractivity contribution >= 4 is 0 Å². The van der Waals surface area contributed by atoms with Gasteiger partial charge in [-0.1, -0.05) is 10.4 Å². The molecular formula is C4H12N4. The second kappa shape index (κ2) is 3.23. The van der Waals surface area contributed by atoms with Crippen LogP contribution in [0.4, 0.5) is 0 Å². The van der Waals surface area contributed by atoms with Crippen LogP contribution in [0.1, 0.15) is 13.8 Å². The van der Waals surface area contributed by atoms with Crippen LogP contribution >= 0.6 is 0 Å². The molecule has 2 N–H and O–H groups in total. The monoisotopic (exact) mass is 116 g/mol. The predicted molar refractivity (Wildman–Crippen MR) is 31.9 cm³/mol. The van der Waals surface area contributed by atoms with E-state index in [9.17, 15) is 0 Å². The average molecular weight is 116 g/mol. The fourth-order valence-corrected chi connectivity index (χ4v) is 0.185. The smallest absolute Gasteiger partial charge is 0.0428 e. The summed E-state index contributed by atoms with van der Waals surface area (Å²) in [5.74, 6) is 4.78. The summed E-state index contributed by atoms with van der Waals surface area (Å²) in [5.41, 5.74) is 0. The second-order valence-corrected chi connectivity index (χ2v) is 1.87. The highest BCUT2D eigenvalue weighted by Crippen LogP contribution is 1.91. The van der Waals surface area contributed by atoms with Crippen molar-refractivity contribution in [1.29, 1.82) is 0 Å². The van der Waals surface area contributed by atoms with Gasteiger partial charge in [-0.3, -0.25) is 5.01 Å². The molecule has 0 saturated carbocycles. The molecule has 0 atom stereocenters. The Bertz CT molecular complexity index is 78.1. The van der Waals surface area contributed by atoms with Gasteiger partial charge in [0.2, 0.25) is 0 Å². The predicted octanol–water partition coefficient (Wildman–Crippen LogP) is 0.568. The topological polar surface area (TPSA) is 54.0 Å². The van der Waals surface area contributed by atoms with Gasteiger partial charge < -0.3 is 5.84 Å². The SMILES string of the molecule is CC(C)N(C)/N=N\N. The Hall–Kier alpha value is -0.800. The molecule has 48 valence electrons. The molecule has 0 saturated heterocycles. The maximum absolute atomic E-state index is 4.78. The van der Waals surface area contributed by atoms with E-state index in [4.69, 9.17) is 5.84 Å². The first kappa shape index (κ1) is 7.20. The first-order valence-electron chi connectivity index (χ1n) is 2.52. The van der Waals surface area contributed by atoms with Crippen LogP contribution in [-0.2, 0) is 0 Å². The Morgan fingerprint density at radius 1 is 1.50 bits per heavy atom. The molecule has 0 fully saturated rings. The van der Waals surface area contributed by atoms with E-state index in [1.54, 1.807) is 5.01 Å². The lowest BCUT2D eigenvalue weighted by molar-refractivity contribution is 0.266. The third-order valence-electron chi connectivity index (χ3n) is 0.940. The van der Waals surface area contributed by atoms with Crippen LogP contribution in [0.25, 0.3) is 0 Å². The van der Waals surface area contributed by atoms with Crippen LogP contribution in [0, 0.1) is 0 Å². The quantitative estimate of drug-likeness (QED) is 0.326. The summed E-state index contributed by atoms with van der Waals surface area (Å²) in [6, 6.07) is 0.363. The van der Waals surface area contributed by atoms with Gasteiger partial charge in [0.1, 0.15) is 0 Å². The largest absolute Gasteiger partial charge is 0.303 e. The normalized spacial score (nSPS) is 11.0. The van der Waals surface area contributed by atoms with Crippen LogP contribution in [-0.4, -0.2) is 18.1 Å². The third kappa shape index (κ3) is 2.39. The van der Waals surface area contributed by atoms with Gasteiger partial charge in [-0.25, -0.2) is 0 Å². The minimum atomic E-state index is 0.363. The van der Waals surface area contributed by atoms with Gasteiger partial charge in [0, 0.05) is 13.1 Å². The zero-order valence-corrected chi connectivity index (χ0v) is 5.50. The average Bonchev–Trinajstić information content (AvgIpc) is 1.67. The van der Waals surface area contributed by atoms with Gasteiger partial charge >= 0.3 is 0 Å². The van der Waals surface area contributed by atoms with Gasteiger partial charge in [0.05, 0.1) is 0 Å². The summed E-state index contributed by atoms with van der Waals surface area (Å²) in [6.45, 7) is 4.02. The summed E-state index contributed by atoms with van der Waals surface area (Å²) < 4.78 is 0. The molecule has 8 heavy (non-hydrogen) atoms. The van der Waals surface area contributed by atoms with E-state index in [2.05, 4.69) is 10.4 Å². The molecule has 4 nitrogen and oxygen atoms in total. The van der Waals surface area contributed by atoms with Crippen molar-refractivity contribution in [2.24, 2.45) is 16.3 Å². The van der Waals surface area contributed by atoms with Crippen molar-refractivity contribution in [2.75, 3.05) is 7.05 Å². The molecule has 0 aromatic heterocycles. The number of rotatable bonds is 2. The molecule has 0 aliphatic rings. The maximum Gasteiger partial charge on any atom is 0.0428 e. The van der Waals surface area contributed by atoms with E-state index in [1.165, 1.54) is 0 Å². The fraction of sp³-hybridized carbons (Fsp3) is 1.00. The first-order chi connectivity index (χ1) is 3.68. The highest BCUT2D eigenvalue weighted by molar-refractivity contribution is 4.46. The number of hydrogen-bond donors (Lipinski definition) is 1. The molecule has 4 heteroatoms. The zero-order valence-electron chi connectivity index (χ0n) is 5.50. The molecule has 0 rings (SSSR count). The van der Waals surface area contributed by atoms with Crippen molar-refractivity contribution < 1.29 is 0 Å². The van der Waals surface area contributed by atoms with E-state index in [0.717, 1.165) is 0 Å². The molecule has 0 aliphatic carbocycles. The molecule has 0 spiro atoms. The zero-order chi connectivity index (χ0) is 6.57. The van der Waals surface area contributed by atoms with Crippen LogP contribution in [0.5, 0.6) is 0 Å². The van der Waals surface area contributed by atoms with E-state index in [1.807, 2.05) is 20.9 Å². The maximum atomic E-state index is 4.78. The van der Waals surface area contributed by atoms with Crippen LogP contribution in [0.15, 0.2) is 10.4 Å². The molecule has 0 unspecified atom stereocenters. The summed E-state index contributed by atoms with van der Waals surface area (Å²) in [6.07, 6.45) is 0. The molecule has 0 heterocycles. The second-order valence-electron chi connectivity index (χ2n) is 1.87. The summed E-state index contributed by atoms with van der Waals surface area (Å²) in [5, 5.41) is 8.35. The van der Waals surface area contributed by atoms with Gasteiger partial charge in [0.15, 0.2) is 0 Å². The van der Waals surface area contributed by atoms with Crippen LogP contribution in [0.3, 0.4) is 0 Å². The molecule has 0 aromatic rings. The van der Waals surface area contributed by atoms with Crippen molar-refractivity contribution in [3.05, 3.63) is 0 Å². The van der Waals surface area contributed by atoms with E-state index in [-0.39, 0.29) is 0 Å². The van der Waals surface area contributed by atoms with Crippen molar-refractivity contribution in [3.63, 3.8) is 0 Å². The van der Waals surface area contributed by atoms with Crippen LogP contribution in [0.2, 0.25) is 0 Å². The Balaban J connectivity index is 3.47. The van der Waals surface area contributed by atoms with Gasteiger partial charge in [-0.05, 0) is 13.8 Å². The molecule has 0 aliphatic heterocycles. The molecule has 0 aromatic carbocycles. The Morgan fingerprint density at radius 3 is 2.12 bits per heavy atom. The number of hydrogen-bond acceptors (Lipinski definition) is 2. The molecule has 0 bridgehead atoms. The third-order valence-corrected chi connectivity index (χ3v) is 0.940. The number of nitrogens with two attached hydrogens (primary N) is 1. The number of nitrogens with zero attached hydrogens (tertiary/aromatic N) is 3. The highest BCUT2D eigenvalue weighted by Gasteiger charge is 1.95. The Labute approximate surface area is 49.3 Å². The minimum Gasteiger partial charge on any atom is -0.303 e. The van der Waals surface area contributed by atoms with Crippen molar-refractivity contribution in [1.82, 2.24) is 5.01 Å². The lowest BCUT2D eigenvalue weighted by Crippen LogP contribution is -2.19. The van der Waals surface area contributed by atoms with E-state index in [0.29, 0.717) is 6.04 Å². The van der Waals surface area contributed by atoms with Crippen molar-refractivity contribution in [3.8, 4) is 0 Å². The Morgan fingerprint density at radius 2 is 2.00 bits per heavy atom.